The van der Waals surface area contributed by atoms with Gasteiger partial charge in [0.2, 0.25) is 10.0 Å². The zero-order valence-corrected chi connectivity index (χ0v) is 19.5. The van der Waals surface area contributed by atoms with E-state index in [2.05, 4.69) is 10.3 Å². The van der Waals surface area contributed by atoms with Crippen LogP contribution in [0.2, 0.25) is 0 Å². The normalized spacial score (nSPS) is 14.7. The lowest BCUT2D eigenvalue weighted by Gasteiger charge is -2.26. The van der Waals surface area contributed by atoms with Crippen LogP contribution < -0.4 is 10.1 Å². The van der Waals surface area contributed by atoms with E-state index in [1.54, 1.807) is 29.6 Å². The first-order valence-corrected chi connectivity index (χ1v) is 12.9. The van der Waals surface area contributed by atoms with Crippen LogP contribution in [-0.2, 0) is 23.2 Å². The molecule has 10 heteroatoms. The molecule has 1 amide bonds. The number of nitrogens with one attached hydrogen (secondary N) is 1. The maximum absolute atomic E-state index is 13.1. The highest BCUT2D eigenvalue weighted by Gasteiger charge is 2.28. The molecule has 1 fully saturated rings. The monoisotopic (exact) mass is 489 g/mol. The topological polar surface area (TPSA) is 88.6 Å². The number of hydrogen-bond acceptors (Lipinski definition) is 6. The van der Waals surface area contributed by atoms with Crippen LogP contribution in [0.4, 0.5) is 4.39 Å². The van der Waals surface area contributed by atoms with Gasteiger partial charge in [0.15, 0.2) is 0 Å². The summed E-state index contributed by atoms with van der Waals surface area (Å²) in [6.45, 7) is 1.26. The molecule has 0 aliphatic carbocycles. The molecule has 1 aromatic heterocycles. The van der Waals surface area contributed by atoms with E-state index in [1.165, 1.54) is 39.9 Å². The summed E-state index contributed by atoms with van der Waals surface area (Å²) < 4.78 is 46.3. The van der Waals surface area contributed by atoms with Gasteiger partial charge in [-0.1, -0.05) is 24.6 Å². The number of carbonyl (C=O) groups is 1. The maximum atomic E-state index is 13.1. The van der Waals surface area contributed by atoms with Gasteiger partial charge >= 0.3 is 0 Å². The number of halogens is 1. The van der Waals surface area contributed by atoms with Crippen LogP contribution in [0.25, 0.3) is 0 Å². The van der Waals surface area contributed by atoms with Crippen molar-refractivity contribution in [1.29, 1.82) is 0 Å². The number of ether oxygens (including phenoxy) is 1. The number of piperidine rings is 1. The Kier molecular flexibility index (Phi) is 7.36. The Balaban J connectivity index is 1.38. The molecular formula is C23H24FN3O4S2. The number of amides is 1. The molecule has 174 valence electrons. The first-order chi connectivity index (χ1) is 15.9. The van der Waals surface area contributed by atoms with Gasteiger partial charge in [-0.2, -0.15) is 4.31 Å². The van der Waals surface area contributed by atoms with Gasteiger partial charge in [0.25, 0.3) is 5.91 Å². The summed E-state index contributed by atoms with van der Waals surface area (Å²) in [5.74, 6) is -0.241. The molecule has 0 atom stereocenters. The van der Waals surface area contributed by atoms with Crippen molar-refractivity contribution in [3.05, 3.63) is 76.0 Å². The van der Waals surface area contributed by atoms with Gasteiger partial charge in [0.1, 0.15) is 28.9 Å². The summed E-state index contributed by atoms with van der Waals surface area (Å²) in [7, 11) is -3.61. The summed E-state index contributed by atoms with van der Waals surface area (Å²) in [6, 6.07) is 12.4. The minimum atomic E-state index is -3.61. The van der Waals surface area contributed by atoms with Crippen molar-refractivity contribution >= 4 is 27.3 Å². The average molecular weight is 490 g/mol. The van der Waals surface area contributed by atoms with Crippen molar-refractivity contribution in [2.45, 2.75) is 37.3 Å². The van der Waals surface area contributed by atoms with Gasteiger partial charge < -0.3 is 10.1 Å². The van der Waals surface area contributed by atoms with Gasteiger partial charge in [-0.25, -0.2) is 17.8 Å². The summed E-state index contributed by atoms with van der Waals surface area (Å²) in [6.07, 6.45) is 2.75. The predicted octanol–water partition coefficient (Wildman–Crippen LogP) is 3.97. The van der Waals surface area contributed by atoms with Crippen LogP contribution in [-0.4, -0.2) is 36.7 Å². The van der Waals surface area contributed by atoms with Crippen LogP contribution in [0.15, 0.2) is 58.8 Å². The van der Waals surface area contributed by atoms with E-state index >= 15 is 0 Å². The highest BCUT2D eigenvalue weighted by Crippen LogP contribution is 2.24. The second-order valence-corrected chi connectivity index (χ2v) is 10.5. The summed E-state index contributed by atoms with van der Waals surface area (Å²) >= 11 is 1.27. The Morgan fingerprint density at radius 1 is 1.09 bits per heavy atom. The largest absolute Gasteiger partial charge is 0.486 e. The molecular weight excluding hydrogens is 465 g/mol. The zero-order chi connectivity index (χ0) is 23.3. The Bertz CT molecular complexity index is 1210. The molecule has 4 rings (SSSR count). The predicted molar refractivity (Wildman–Crippen MR) is 123 cm³/mol. The van der Waals surface area contributed by atoms with E-state index < -0.39 is 15.9 Å². The lowest BCUT2D eigenvalue weighted by Crippen LogP contribution is -2.36. The van der Waals surface area contributed by atoms with E-state index in [9.17, 15) is 17.6 Å². The molecule has 0 saturated carbocycles. The van der Waals surface area contributed by atoms with E-state index in [0.717, 1.165) is 19.3 Å². The fourth-order valence-corrected chi connectivity index (χ4v) is 5.99. The van der Waals surface area contributed by atoms with Crippen LogP contribution in [0.3, 0.4) is 0 Å². The fraction of sp³-hybridized carbons (Fsp3) is 0.304. The minimum absolute atomic E-state index is 0.0705. The lowest BCUT2D eigenvalue weighted by molar-refractivity contribution is 0.0946. The lowest BCUT2D eigenvalue weighted by atomic mass is 10.2. The highest BCUT2D eigenvalue weighted by molar-refractivity contribution is 7.89. The molecule has 0 spiro atoms. The number of thiazole rings is 1. The quantitative estimate of drug-likeness (QED) is 0.517. The number of benzene rings is 2. The van der Waals surface area contributed by atoms with Crippen molar-refractivity contribution in [1.82, 2.24) is 14.6 Å². The van der Waals surface area contributed by atoms with Crippen LogP contribution in [0, 0.1) is 5.82 Å². The summed E-state index contributed by atoms with van der Waals surface area (Å²) in [5.41, 5.74) is 0.764. The number of hydrogen-bond donors (Lipinski definition) is 1. The van der Waals surface area contributed by atoms with E-state index in [1.807, 2.05) is 0 Å². The van der Waals surface area contributed by atoms with E-state index in [-0.39, 0.29) is 29.6 Å². The molecule has 0 bridgehead atoms. The summed E-state index contributed by atoms with van der Waals surface area (Å²) in [4.78, 5) is 17.1. The van der Waals surface area contributed by atoms with E-state index in [4.69, 9.17) is 4.74 Å². The van der Waals surface area contributed by atoms with Crippen molar-refractivity contribution in [3.63, 3.8) is 0 Å². The molecule has 33 heavy (non-hydrogen) atoms. The second kappa shape index (κ2) is 10.4. The van der Waals surface area contributed by atoms with Gasteiger partial charge in [-0.05, 0) is 48.7 Å². The molecule has 0 unspecified atom stereocenters. The van der Waals surface area contributed by atoms with Crippen LogP contribution in [0.5, 0.6) is 5.75 Å². The number of aromatic nitrogens is 1. The van der Waals surface area contributed by atoms with Crippen molar-refractivity contribution in [2.75, 3.05) is 13.1 Å². The smallest absolute Gasteiger partial charge is 0.271 e. The average Bonchev–Trinajstić information content (AvgIpc) is 3.32. The molecule has 1 saturated heterocycles. The zero-order valence-electron chi connectivity index (χ0n) is 17.9. The Hall–Kier alpha value is -2.82. The van der Waals surface area contributed by atoms with Crippen LogP contribution >= 0.6 is 11.3 Å². The molecule has 3 aromatic rings. The molecule has 1 N–H and O–H groups in total. The Morgan fingerprint density at radius 2 is 1.82 bits per heavy atom. The Labute approximate surface area is 196 Å². The van der Waals surface area contributed by atoms with Crippen molar-refractivity contribution in [2.24, 2.45) is 0 Å². The first kappa shape index (κ1) is 23.3. The molecule has 2 heterocycles. The number of nitrogens with zero attached hydrogens (tertiary/aromatic N) is 2. The highest BCUT2D eigenvalue weighted by atomic mass is 32.2. The van der Waals surface area contributed by atoms with Gasteiger partial charge in [0.05, 0.1) is 4.90 Å². The van der Waals surface area contributed by atoms with Gasteiger partial charge in [-0.15, -0.1) is 11.3 Å². The SMILES string of the molecule is O=C(NCc1ccccc1S(=O)(=O)N1CCCCC1)c1csc(COc2ccc(F)cc2)n1. The fourth-order valence-electron chi connectivity index (χ4n) is 3.57. The summed E-state index contributed by atoms with van der Waals surface area (Å²) in [5, 5.41) is 4.98. The third-order valence-corrected chi connectivity index (χ3v) is 8.13. The third-order valence-electron chi connectivity index (χ3n) is 5.31. The first-order valence-electron chi connectivity index (χ1n) is 10.6. The van der Waals surface area contributed by atoms with Gasteiger partial charge in [-0.3, -0.25) is 4.79 Å². The molecule has 2 aromatic carbocycles. The van der Waals surface area contributed by atoms with Gasteiger partial charge in [0, 0.05) is 25.0 Å². The molecule has 7 nitrogen and oxygen atoms in total. The Morgan fingerprint density at radius 3 is 2.58 bits per heavy atom. The molecule has 0 radical (unpaired) electrons. The molecule has 1 aliphatic heterocycles. The number of rotatable bonds is 8. The maximum Gasteiger partial charge on any atom is 0.271 e. The van der Waals surface area contributed by atoms with Crippen molar-refractivity contribution in [3.8, 4) is 5.75 Å². The van der Waals surface area contributed by atoms with E-state index in [0.29, 0.717) is 29.4 Å². The third kappa shape index (κ3) is 5.76. The number of carbonyl (C=O) groups excluding carboxylic acids is 1. The molecule has 1 aliphatic rings. The van der Waals surface area contributed by atoms with Crippen LogP contribution in [0.1, 0.15) is 40.3 Å². The second-order valence-electron chi connectivity index (χ2n) is 7.62. The number of sulfonamides is 1. The minimum Gasteiger partial charge on any atom is -0.486 e. The van der Waals surface area contributed by atoms with Crippen molar-refractivity contribution < 1.29 is 22.3 Å². The standard InChI is InChI=1S/C23H24FN3O4S2/c24-18-8-10-19(11-9-18)31-15-22-26-20(16-32-22)23(28)25-14-17-6-2-3-7-21(17)33(29,30)27-12-4-1-5-13-27/h2-3,6-11,16H,1,4-5,12-15H2,(H,25,28).